The van der Waals surface area contributed by atoms with Gasteiger partial charge in [-0.2, -0.15) is 0 Å². The highest BCUT2D eigenvalue weighted by Gasteiger charge is 2.17. The Morgan fingerprint density at radius 2 is 2.05 bits per heavy atom. The molecule has 110 valence electrons. The molecule has 0 bridgehead atoms. The molecule has 1 heterocycles. The van der Waals surface area contributed by atoms with Gasteiger partial charge in [-0.3, -0.25) is 4.79 Å². The summed E-state index contributed by atoms with van der Waals surface area (Å²) in [5.74, 6) is 0.498. The van der Waals surface area contributed by atoms with Crippen LogP contribution in [0.15, 0.2) is 45.5 Å². The predicted molar refractivity (Wildman–Crippen MR) is 91.4 cm³/mol. The van der Waals surface area contributed by atoms with Gasteiger partial charge in [0.2, 0.25) is 0 Å². The molecule has 1 aromatic heterocycles. The largest absolute Gasteiger partial charge is 0.372 e. The van der Waals surface area contributed by atoms with Gasteiger partial charge in [-0.25, -0.2) is 4.98 Å². The van der Waals surface area contributed by atoms with Crippen LogP contribution in [0.2, 0.25) is 0 Å². The van der Waals surface area contributed by atoms with Crippen molar-refractivity contribution in [2.24, 2.45) is 0 Å². The molecule has 2 aromatic rings. The van der Waals surface area contributed by atoms with Crippen LogP contribution in [0.3, 0.4) is 0 Å². The molecule has 0 atom stereocenters. The Labute approximate surface area is 140 Å². The van der Waals surface area contributed by atoms with Gasteiger partial charge in [0.05, 0.1) is 5.56 Å². The van der Waals surface area contributed by atoms with E-state index in [9.17, 15) is 4.79 Å². The van der Waals surface area contributed by atoms with Crippen molar-refractivity contribution in [3.05, 3.63) is 56.6 Å². The first kappa shape index (κ1) is 16.0. The normalized spacial score (nSPS) is 10.3. The van der Waals surface area contributed by atoms with Crippen molar-refractivity contribution in [3.8, 4) is 0 Å². The number of carbonyl (C=O) groups excluding carboxylic acids is 1. The lowest BCUT2D eigenvalue weighted by Gasteiger charge is -2.19. The number of pyridine rings is 1. The molecule has 0 spiro atoms. The number of aromatic nitrogens is 1. The topological polar surface area (TPSA) is 45.2 Å². The lowest BCUT2D eigenvalue weighted by molar-refractivity contribution is 0.0785. The van der Waals surface area contributed by atoms with E-state index in [1.165, 1.54) is 0 Å². The average molecular weight is 413 g/mol. The molecule has 21 heavy (non-hydrogen) atoms. The minimum atomic E-state index is -0.0758. The maximum atomic E-state index is 12.6. The molecule has 0 radical (unpaired) electrons. The Hall–Kier alpha value is -1.40. The molecule has 0 aliphatic rings. The third-order valence-electron chi connectivity index (χ3n) is 2.98. The summed E-state index contributed by atoms with van der Waals surface area (Å²) in [6.07, 6.45) is 1.66. The summed E-state index contributed by atoms with van der Waals surface area (Å²) >= 11 is 6.79. The quantitative estimate of drug-likeness (QED) is 0.827. The lowest BCUT2D eigenvalue weighted by atomic mass is 10.2. The Morgan fingerprint density at radius 1 is 1.29 bits per heavy atom. The molecule has 4 nitrogen and oxygen atoms in total. The van der Waals surface area contributed by atoms with Crippen molar-refractivity contribution in [3.63, 3.8) is 0 Å². The highest BCUT2D eigenvalue weighted by Crippen LogP contribution is 2.20. The van der Waals surface area contributed by atoms with Crippen LogP contribution in [0.1, 0.15) is 15.9 Å². The van der Waals surface area contributed by atoms with E-state index in [-0.39, 0.29) is 5.91 Å². The van der Waals surface area contributed by atoms with E-state index in [1.807, 2.05) is 24.3 Å². The summed E-state index contributed by atoms with van der Waals surface area (Å²) in [4.78, 5) is 18.5. The number of rotatable bonds is 4. The molecule has 0 saturated carbocycles. The van der Waals surface area contributed by atoms with E-state index >= 15 is 0 Å². The lowest BCUT2D eigenvalue weighted by Crippen LogP contribution is -2.27. The molecule has 0 fully saturated rings. The maximum absolute atomic E-state index is 12.6. The monoisotopic (exact) mass is 411 g/mol. The molecular formula is C15H15Br2N3O. The third kappa shape index (κ3) is 4.04. The minimum Gasteiger partial charge on any atom is -0.372 e. The first-order valence-electron chi connectivity index (χ1n) is 6.34. The molecule has 1 N–H and O–H groups in total. The van der Waals surface area contributed by atoms with Crippen LogP contribution in [-0.2, 0) is 6.54 Å². The molecule has 0 aliphatic carbocycles. The van der Waals surface area contributed by atoms with E-state index in [4.69, 9.17) is 0 Å². The van der Waals surface area contributed by atoms with E-state index in [0.29, 0.717) is 17.9 Å². The van der Waals surface area contributed by atoms with Crippen molar-refractivity contribution in [1.82, 2.24) is 9.88 Å². The Bertz CT molecular complexity index is 661. The SMILES string of the molecule is CNc1ncc(Br)cc1C(=O)N(C)Cc1cccc(Br)c1. The van der Waals surface area contributed by atoms with Gasteiger partial charge in [-0.1, -0.05) is 28.1 Å². The van der Waals surface area contributed by atoms with Crippen LogP contribution < -0.4 is 5.32 Å². The number of anilines is 1. The first-order valence-corrected chi connectivity index (χ1v) is 7.93. The van der Waals surface area contributed by atoms with Crippen molar-refractivity contribution in [2.45, 2.75) is 6.54 Å². The van der Waals surface area contributed by atoms with E-state index in [0.717, 1.165) is 14.5 Å². The second-order valence-corrected chi connectivity index (χ2v) is 6.42. The third-order valence-corrected chi connectivity index (χ3v) is 3.90. The van der Waals surface area contributed by atoms with Crippen LogP contribution in [0.4, 0.5) is 5.82 Å². The molecule has 2 rings (SSSR count). The van der Waals surface area contributed by atoms with E-state index in [1.54, 1.807) is 31.3 Å². The summed E-state index contributed by atoms with van der Waals surface area (Å²) in [6, 6.07) is 9.69. The van der Waals surface area contributed by atoms with E-state index in [2.05, 4.69) is 42.2 Å². The number of hydrogen-bond acceptors (Lipinski definition) is 3. The zero-order chi connectivity index (χ0) is 15.4. The average Bonchev–Trinajstić information content (AvgIpc) is 2.46. The summed E-state index contributed by atoms with van der Waals surface area (Å²) in [5.41, 5.74) is 1.61. The van der Waals surface area contributed by atoms with Crippen molar-refractivity contribution >= 4 is 43.6 Å². The minimum absolute atomic E-state index is 0.0758. The number of hydrogen-bond donors (Lipinski definition) is 1. The maximum Gasteiger partial charge on any atom is 0.257 e. The van der Waals surface area contributed by atoms with Crippen LogP contribution in [0, 0.1) is 0 Å². The molecule has 0 unspecified atom stereocenters. The summed E-state index contributed by atoms with van der Waals surface area (Å²) < 4.78 is 1.78. The fourth-order valence-corrected chi connectivity index (χ4v) is 2.77. The molecule has 0 aliphatic heterocycles. The smallest absolute Gasteiger partial charge is 0.257 e. The summed E-state index contributed by atoms with van der Waals surface area (Å²) in [6.45, 7) is 0.536. The highest BCUT2D eigenvalue weighted by molar-refractivity contribution is 9.10. The van der Waals surface area contributed by atoms with Crippen LogP contribution in [-0.4, -0.2) is 29.9 Å². The van der Waals surface area contributed by atoms with Gasteiger partial charge in [0.1, 0.15) is 5.82 Å². The highest BCUT2D eigenvalue weighted by atomic mass is 79.9. The van der Waals surface area contributed by atoms with Crippen molar-refractivity contribution in [2.75, 3.05) is 19.4 Å². The number of halogens is 2. The van der Waals surface area contributed by atoms with Gasteiger partial charge in [-0.15, -0.1) is 0 Å². The standard InChI is InChI=1S/C15H15Br2N3O/c1-18-14-13(7-12(17)8-19-14)15(21)20(2)9-10-4-3-5-11(16)6-10/h3-8H,9H2,1-2H3,(H,18,19). The number of amides is 1. The van der Waals surface area contributed by atoms with Gasteiger partial charge in [0, 0.05) is 35.8 Å². The molecule has 1 amide bonds. The zero-order valence-electron chi connectivity index (χ0n) is 11.7. The van der Waals surface area contributed by atoms with Crippen LogP contribution in [0.25, 0.3) is 0 Å². The Balaban J connectivity index is 2.21. The summed E-state index contributed by atoms with van der Waals surface area (Å²) in [5, 5.41) is 2.94. The van der Waals surface area contributed by atoms with Gasteiger partial charge in [0.15, 0.2) is 0 Å². The second-order valence-electron chi connectivity index (χ2n) is 4.59. The fourth-order valence-electron chi connectivity index (χ4n) is 1.99. The van der Waals surface area contributed by atoms with Gasteiger partial charge in [0.25, 0.3) is 5.91 Å². The van der Waals surface area contributed by atoms with Crippen LogP contribution in [0.5, 0.6) is 0 Å². The summed E-state index contributed by atoms with van der Waals surface area (Å²) in [7, 11) is 3.53. The van der Waals surface area contributed by atoms with Gasteiger partial charge < -0.3 is 10.2 Å². The molecule has 0 saturated heterocycles. The second kappa shape index (κ2) is 7.04. The molecule has 1 aromatic carbocycles. The van der Waals surface area contributed by atoms with Crippen molar-refractivity contribution in [1.29, 1.82) is 0 Å². The zero-order valence-corrected chi connectivity index (χ0v) is 14.9. The van der Waals surface area contributed by atoms with Gasteiger partial charge >= 0.3 is 0 Å². The van der Waals surface area contributed by atoms with Crippen molar-refractivity contribution < 1.29 is 4.79 Å². The number of nitrogens with one attached hydrogen (secondary N) is 1. The molecule has 6 heteroatoms. The number of nitrogens with zero attached hydrogens (tertiary/aromatic N) is 2. The predicted octanol–water partition coefficient (Wildman–Crippen LogP) is 3.92. The fraction of sp³-hybridized carbons (Fsp3) is 0.200. The first-order chi connectivity index (χ1) is 10.0. The van der Waals surface area contributed by atoms with Crippen LogP contribution >= 0.6 is 31.9 Å². The molecular weight excluding hydrogens is 398 g/mol. The Kier molecular flexibility index (Phi) is 5.36. The Morgan fingerprint density at radius 3 is 2.71 bits per heavy atom. The van der Waals surface area contributed by atoms with Gasteiger partial charge in [-0.05, 0) is 39.7 Å². The number of benzene rings is 1. The number of carbonyl (C=O) groups is 1. The van der Waals surface area contributed by atoms with E-state index < -0.39 is 0 Å².